The van der Waals surface area contributed by atoms with Gasteiger partial charge in [-0.25, -0.2) is 15.1 Å². The molecule has 0 aromatic carbocycles. The Labute approximate surface area is 153 Å². The molecule has 2 fully saturated rings. The number of urea groups is 2. The molecule has 26 heavy (non-hydrogen) atoms. The van der Waals surface area contributed by atoms with E-state index in [1.807, 2.05) is 0 Å². The van der Waals surface area contributed by atoms with Crippen molar-refractivity contribution in [2.45, 2.75) is 64.0 Å². The molecule has 0 aliphatic carbocycles. The standard InChI is InChI=1S/C17H28N4O5/c1-5-12(22)17(8-6-7-10-21(17)14(24)18-26)9-11-20-13(23)16(2,3)19(4)15(20)25/h26H,5-11H2,1-4H3,(H,18,24)/t17-/m0/s1. The van der Waals surface area contributed by atoms with E-state index in [2.05, 4.69) is 0 Å². The van der Waals surface area contributed by atoms with Crippen LogP contribution in [0.15, 0.2) is 0 Å². The molecule has 2 aliphatic rings. The molecule has 2 aliphatic heterocycles. The van der Waals surface area contributed by atoms with Crippen molar-refractivity contribution < 1.29 is 24.4 Å². The van der Waals surface area contributed by atoms with Crippen molar-refractivity contribution in [1.82, 2.24) is 20.2 Å². The van der Waals surface area contributed by atoms with Crippen LogP contribution in [-0.4, -0.2) is 74.9 Å². The molecule has 2 N–H and O–H groups in total. The van der Waals surface area contributed by atoms with Crippen LogP contribution in [0.2, 0.25) is 0 Å². The highest BCUT2D eigenvalue weighted by molar-refractivity contribution is 6.06. The Morgan fingerprint density at radius 1 is 1.23 bits per heavy atom. The maximum atomic E-state index is 12.8. The largest absolute Gasteiger partial charge is 0.341 e. The lowest BCUT2D eigenvalue weighted by molar-refractivity contribution is -0.135. The van der Waals surface area contributed by atoms with E-state index in [9.17, 15) is 19.2 Å². The van der Waals surface area contributed by atoms with Gasteiger partial charge >= 0.3 is 12.1 Å². The predicted octanol–water partition coefficient (Wildman–Crippen LogP) is 1.35. The van der Waals surface area contributed by atoms with Crippen molar-refractivity contribution in [2.75, 3.05) is 20.1 Å². The maximum absolute atomic E-state index is 12.8. The van der Waals surface area contributed by atoms with E-state index in [-0.39, 0.29) is 31.1 Å². The molecule has 0 aromatic rings. The van der Waals surface area contributed by atoms with Crippen LogP contribution in [0.25, 0.3) is 0 Å². The lowest BCUT2D eigenvalue weighted by atomic mass is 9.79. The topological polar surface area (TPSA) is 110 Å². The molecule has 1 atom stereocenters. The smallest absolute Gasteiger partial charge is 0.313 e. The third-order valence-corrected chi connectivity index (χ3v) is 5.79. The van der Waals surface area contributed by atoms with Gasteiger partial charge in [-0.2, -0.15) is 0 Å². The van der Waals surface area contributed by atoms with Crippen LogP contribution in [-0.2, 0) is 9.59 Å². The monoisotopic (exact) mass is 368 g/mol. The number of imide groups is 1. The number of likely N-dealkylation sites (tertiary alicyclic amines) is 1. The fourth-order valence-corrected chi connectivity index (χ4v) is 3.89. The van der Waals surface area contributed by atoms with Gasteiger partial charge in [-0.1, -0.05) is 6.92 Å². The van der Waals surface area contributed by atoms with Crippen LogP contribution in [0.4, 0.5) is 9.59 Å². The first-order valence-corrected chi connectivity index (χ1v) is 8.98. The average Bonchev–Trinajstić information content (AvgIpc) is 2.79. The van der Waals surface area contributed by atoms with Gasteiger partial charge in [0.05, 0.1) is 0 Å². The van der Waals surface area contributed by atoms with E-state index >= 15 is 0 Å². The third-order valence-electron chi connectivity index (χ3n) is 5.79. The summed E-state index contributed by atoms with van der Waals surface area (Å²) >= 11 is 0. The van der Waals surface area contributed by atoms with E-state index < -0.39 is 23.1 Å². The molecule has 0 radical (unpaired) electrons. The van der Waals surface area contributed by atoms with Crippen molar-refractivity contribution in [3.8, 4) is 0 Å². The van der Waals surface area contributed by atoms with E-state index in [4.69, 9.17) is 5.21 Å². The molecular weight excluding hydrogens is 340 g/mol. The minimum Gasteiger partial charge on any atom is -0.313 e. The number of Topliss-reactive ketones (excluding diaryl/α,β-unsaturated/α-hetero) is 1. The fourth-order valence-electron chi connectivity index (χ4n) is 3.89. The van der Waals surface area contributed by atoms with Gasteiger partial charge in [0.1, 0.15) is 11.1 Å². The van der Waals surface area contributed by atoms with Gasteiger partial charge in [0, 0.05) is 26.6 Å². The Morgan fingerprint density at radius 2 is 1.88 bits per heavy atom. The van der Waals surface area contributed by atoms with Crippen LogP contribution < -0.4 is 5.48 Å². The quantitative estimate of drug-likeness (QED) is 0.432. The second-order valence-electron chi connectivity index (χ2n) is 7.44. The summed E-state index contributed by atoms with van der Waals surface area (Å²) < 4.78 is 0. The van der Waals surface area contributed by atoms with E-state index in [1.165, 1.54) is 9.80 Å². The van der Waals surface area contributed by atoms with Gasteiger partial charge in [0.15, 0.2) is 5.78 Å². The van der Waals surface area contributed by atoms with E-state index in [1.54, 1.807) is 33.3 Å². The molecule has 2 heterocycles. The average molecular weight is 368 g/mol. The summed E-state index contributed by atoms with van der Waals surface area (Å²) in [6, 6.07) is -1.14. The lowest BCUT2D eigenvalue weighted by Crippen LogP contribution is -2.62. The summed E-state index contributed by atoms with van der Waals surface area (Å²) in [5.41, 5.74) is -0.443. The molecule has 2 saturated heterocycles. The maximum Gasteiger partial charge on any atom is 0.341 e. The Morgan fingerprint density at radius 3 is 2.38 bits per heavy atom. The van der Waals surface area contributed by atoms with Gasteiger partial charge < -0.3 is 9.80 Å². The zero-order chi connectivity index (χ0) is 19.7. The molecule has 9 nitrogen and oxygen atoms in total. The summed E-state index contributed by atoms with van der Waals surface area (Å²) in [6.45, 7) is 5.45. The number of amides is 5. The number of likely N-dealkylation sites (N-methyl/N-ethyl adjacent to an activating group) is 1. The Balaban J connectivity index is 2.29. The number of piperidine rings is 1. The van der Waals surface area contributed by atoms with E-state index in [0.717, 1.165) is 17.7 Å². The van der Waals surface area contributed by atoms with Gasteiger partial charge in [-0.3, -0.25) is 19.7 Å². The zero-order valence-corrected chi connectivity index (χ0v) is 15.9. The lowest BCUT2D eigenvalue weighted by Gasteiger charge is -2.46. The number of nitrogens with one attached hydrogen (secondary N) is 1. The highest BCUT2D eigenvalue weighted by atomic mass is 16.5. The molecular formula is C17H28N4O5. The van der Waals surface area contributed by atoms with Crippen molar-refractivity contribution in [3.05, 3.63) is 0 Å². The fraction of sp³-hybridized carbons (Fsp3) is 0.765. The van der Waals surface area contributed by atoms with Crippen molar-refractivity contribution in [2.24, 2.45) is 0 Å². The SMILES string of the molecule is CCC(=O)[C@@]1(CCN2C(=O)N(C)C(C)(C)C2=O)CCCCN1C(=O)NO. The molecule has 0 unspecified atom stereocenters. The number of carbonyl (C=O) groups excluding carboxylic acids is 4. The molecule has 0 aromatic heterocycles. The number of nitrogens with zero attached hydrogens (tertiary/aromatic N) is 3. The molecule has 5 amide bonds. The highest BCUT2D eigenvalue weighted by Gasteiger charge is 2.52. The Kier molecular flexibility index (Phi) is 5.60. The first kappa shape index (κ1) is 20.2. The number of hydroxylamine groups is 1. The third kappa shape index (κ3) is 3.04. The number of hydrogen-bond acceptors (Lipinski definition) is 5. The van der Waals surface area contributed by atoms with Crippen molar-refractivity contribution >= 4 is 23.8 Å². The Bertz CT molecular complexity index is 620. The van der Waals surface area contributed by atoms with Crippen LogP contribution >= 0.6 is 0 Å². The summed E-state index contributed by atoms with van der Waals surface area (Å²) in [4.78, 5) is 53.8. The van der Waals surface area contributed by atoms with Crippen LogP contribution in [0.3, 0.4) is 0 Å². The molecule has 0 bridgehead atoms. The molecule has 0 saturated carbocycles. The minimum absolute atomic E-state index is 0.0480. The zero-order valence-electron chi connectivity index (χ0n) is 15.9. The normalized spacial score (nSPS) is 25.7. The Hall–Kier alpha value is -2.16. The highest BCUT2D eigenvalue weighted by Crippen LogP contribution is 2.35. The first-order chi connectivity index (χ1) is 12.1. The number of ketones is 1. The number of carbonyl (C=O) groups is 4. The first-order valence-electron chi connectivity index (χ1n) is 8.98. The van der Waals surface area contributed by atoms with Crippen LogP contribution in [0.5, 0.6) is 0 Å². The summed E-state index contributed by atoms with van der Waals surface area (Å²) in [7, 11) is 1.57. The molecule has 0 spiro atoms. The van der Waals surface area contributed by atoms with Crippen LogP contribution in [0, 0.1) is 0 Å². The van der Waals surface area contributed by atoms with Crippen molar-refractivity contribution in [3.63, 3.8) is 0 Å². The van der Waals surface area contributed by atoms with E-state index in [0.29, 0.717) is 13.0 Å². The second kappa shape index (κ2) is 7.22. The predicted molar refractivity (Wildman–Crippen MR) is 92.5 cm³/mol. The second-order valence-corrected chi connectivity index (χ2v) is 7.44. The van der Waals surface area contributed by atoms with Crippen LogP contribution in [0.1, 0.15) is 52.9 Å². The van der Waals surface area contributed by atoms with Gasteiger partial charge in [-0.15, -0.1) is 0 Å². The van der Waals surface area contributed by atoms with Gasteiger partial charge in [0.2, 0.25) is 0 Å². The minimum atomic E-state index is -1.12. The number of rotatable bonds is 5. The number of hydrogen-bond donors (Lipinski definition) is 2. The van der Waals surface area contributed by atoms with Crippen molar-refractivity contribution in [1.29, 1.82) is 0 Å². The molecule has 2 rings (SSSR count). The molecule has 9 heteroatoms. The van der Waals surface area contributed by atoms with Gasteiger partial charge in [0.25, 0.3) is 5.91 Å². The van der Waals surface area contributed by atoms with Gasteiger partial charge in [-0.05, 0) is 39.5 Å². The molecule has 146 valence electrons. The summed E-state index contributed by atoms with van der Waals surface area (Å²) in [5, 5.41) is 9.06. The summed E-state index contributed by atoms with van der Waals surface area (Å²) in [6.07, 6.45) is 2.32. The summed E-state index contributed by atoms with van der Waals surface area (Å²) in [5.74, 6) is -0.453.